The molecule has 0 radical (unpaired) electrons. The second-order valence-corrected chi connectivity index (χ2v) is 12.1. The SMILES string of the molecule is CCN(c1cccc(C)c1)S(=O)(=O)c1ccc(Sc2cccc(Cl)c2)c(C(=O)NCCc2ccccc2)c1. The molecule has 4 aromatic rings. The Labute approximate surface area is 233 Å². The molecule has 0 heterocycles. The van der Waals surface area contributed by atoms with Crippen LogP contribution < -0.4 is 9.62 Å². The van der Waals surface area contributed by atoms with E-state index in [1.165, 1.54) is 22.1 Å². The number of hydrogen-bond donors (Lipinski definition) is 1. The minimum Gasteiger partial charge on any atom is -0.352 e. The van der Waals surface area contributed by atoms with Crippen LogP contribution in [0.1, 0.15) is 28.4 Å². The van der Waals surface area contributed by atoms with Crippen molar-refractivity contribution in [2.75, 3.05) is 17.4 Å². The summed E-state index contributed by atoms with van der Waals surface area (Å²) in [5, 5.41) is 3.54. The first-order valence-electron chi connectivity index (χ1n) is 12.3. The van der Waals surface area contributed by atoms with Crippen LogP contribution in [-0.4, -0.2) is 27.4 Å². The van der Waals surface area contributed by atoms with Gasteiger partial charge in [-0.2, -0.15) is 0 Å². The maximum atomic E-state index is 13.7. The Hall–Kier alpha value is -3.26. The third-order valence-corrected chi connectivity index (χ3v) is 9.13. The van der Waals surface area contributed by atoms with E-state index in [2.05, 4.69) is 5.32 Å². The smallest absolute Gasteiger partial charge is 0.264 e. The number of amides is 1. The van der Waals surface area contributed by atoms with Gasteiger partial charge in [0.1, 0.15) is 0 Å². The predicted molar refractivity (Wildman–Crippen MR) is 156 cm³/mol. The number of sulfonamides is 1. The minimum atomic E-state index is -3.91. The Morgan fingerprint density at radius 2 is 1.68 bits per heavy atom. The second kappa shape index (κ2) is 12.5. The van der Waals surface area contributed by atoms with Crippen molar-refractivity contribution in [1.29, 1.82) is 0 Å². The number of aryl methyl sites for hydroxylation is 1. The molecule has 0 aliphatic heterocycles. The van der Waals surface area contributed by atoms with E-state index in [9.17, 15) is 13.2 Å². The Morgan fingerprint density at radius 3 is 2.39 bits per heavy atom. The molecule has 1 amide bonds. The van der Waals surface area contributed by atoms with Crippen LogP contribution in [0.15, 0.2) is 112 Å². The molecule has 38 heavy (non-hydrogen) atoms. The van der Waals surface area contributed by atoms with Crippen molar-refractivity contribution >= 4 is 45.0 Å². The van der Waals surface area contributed by atoms with Crippen LogP contribution in [0.2, 0.25) is 5.02 Å². The zero-order chi connectivity index (χ0) is 27.1. The van der Waals surface area contributed by atoms with Crippen LogP contribution in [0.5, 0.6) is 0 Å². The van der Waals surface area contributed by atoms with Crippen LogP contribution in [0.4, 0.5) is 5.69 Å². The quantitative estimate of drug-likeness (QED) is 0.225. The summed E-state index contributed by atoms with van der Waals surface area (Å²) in [7, 11) is -3.91. The number of halogens is 1. The highest BCUT2D eigenvalue weighted by Crippen LogP contribution is 2.34. The summed E-state index contributed by atoms with van der Waals surface area (Å²) in [6.45, 7) is 4.39. The van der Waals surface area contributed by atoms with E-state index in [1.807, 2.05) is 73.7 Å². The number of carbonyl (C=O) groups is 1. The van der Waals surface area contributed by atoms with E-state index in [1.54, 1.807) is 31.2 Å². The van der Waals surface area contributed by atoms with Crippen molar-refractivity contribution in [2.24, 2.45) is 0 Å². The lowest BCUT2D eigenvalue weighted by Gasteiger charge is -2.24. The molecule has 4 aromatic carbocycles. The molecule has 0 bridgehead atoms. The number of benzene rings is 4. The average Bonchev–Trinajstić information content (AvgIpc) is 2.90. The van der Waals surface area contributed by atoms with Crippen molar-refractivity contribution in [2.45, 2.75) is 35.0 Å². The summed E-state index contributed by atoms with van der Waals surface area (Å²) in [5.74, 6) is -0.332. The molecule has 0 unspecified atom stereocenters. The monoisotopic (exact) mass is 564 g/mol. The number of nitrogens with one attached hydrogen (secondary N) is 1. The summed E-state index contributed by atoms with van der Waals surface area (Å²) in [6.07, 6.45) is 0.665. The number of carbonyl (C=O) groups excluding carboxylic acids is 1. The molecule has 0 atom stereocenters. The van der Waals surface area contributed by atoms with Gasteiger partial charge in [0, 0.05) is 27.9 Å². The van der Waals surface area contributed by atoms with Gasteiger partial charge < -0.3 is 5.32 Å². The zero-order valence-corrected chi connectivity index (χ0v) is 23.6. The number of nitrogens with zero attached hydrogens (tertiary/aromatic N) is 1. The summed E-state index contributed by atoms with van der Waals surface area (Å²) >= 11 is 7.53. The molecular weight excluding hydrogens is 536 g/mol. The third-order valence-electron chi connectivity index (χ3n) is 5.93. The van der Waals surface area contributed by atoms with E-state index in [0.717, 1.165) is 16.0 Å². The molecule has 1 N–H and O–H groups in total. The molecule has 0 saturated heterocycles. The van der Waals surface area contributed by atoms with Crippen LogP contribution in [-0.2, 0) is 16.4 Å². The number of hydrogen-bond acceptors (Lipinski definition) is 4. The molecule has 0 aliphatic carbocycles. The third kappa shape index (κ3) is 6.78. The first-order chi connectivity index (χ1) is 18.3. The Morgan fingerprint density at radius 1 is 0.921 bits per heavy atom. The number of anilines is 1. The standard InChI is InChI=1S/C30H29ClN2O3S2/c1-3-33(25-13-7-9-22(2)19-25)38(35,36)27-15-16-29(37-26-14-8-12-24(31)20-26)28(21-27)30(34)32-18-17-23-10-5-4-6-11-23/h4-16,19-21H,3,17-18H2,1-2H3,(H,32,34). The van der Waals surface area contributed by atoms with E-state index >= 15 is 0 Å². The molecule has 0 aliphatic rings. The fraction of sp³-hybridized carbons (Fsp3) is 0.167. The van der Waals surface area contributed by atoms with Gasteiger partial charge in [0.25, 0.3) is 15.9 Å². The number of rotatable bonds is 10. The maximum absolute atomic E-state index is 13.7. The normalized spacial score (nSPS) is 11.2. The summed E-state index contributed by atoms with van der Waals surface area (Å²) in [5.41, 5.74) is 2.94. The molecule has 0 aromatic heterocycles. The minimum absolute atomic E-state index is 0.0597. The highest BCUT2D eigenvalue weighted by molar-refractivity contribution is 7.99. The predicted octanol–water partition coefficient (Wildman–Crippen LogP) is 6.99. The second-order valence-electron chi connectivity index (χ2n) is 8.72. The van der Waals surface area contributed by atoms with Gasteiger partial charge in [-0.05, 0) is 79.9 Å². The molecule has 0 fully saturated rings. The average molecular weight is 565 g/mol. The fourth-order valence-electron chi connectivity index (χ4n) is 4.06. The van der Waals surface area contributed by atoms with Crippen LogP contribution in [0.3, 0.4) is 0 Å². The van der Waals surface area contributed by atoms with Crippen molar-refractivity contribution in [3.8, 4) is 0 Å². The van der Waals surface area contributed by atoms with Crippen molar-refractivity contribution < 1.29 is 13.2 Å². The van der Waals surface area contributed by atoms with Gasteiger partial charge in [-0.25, -0.2) is 8.42 Å². The first kappa shape index (κ1) is 27.8. The van der Waals surface area contributed by atoms with Gasteiger partial charge in [-0.1, -0.05) is 71.9 Å². The van der Waals surface area contributed by atoms with Gasteiger partial charge in [0.05, 0.1) is 16.1 Å². The van der Waals surface area contributed by atoms with E-state index in [0.29, 0.717) is 34.1 Å². The van der Waals surface area contributed by atoms with Crippen LogP contribution >= 0.6 is 23.4 Å². The Kier molecular flexibility index (Phi) is 9.15. The van der Waals surface area contributed by atoms with Gasteiger partial charge >= 0.3 is 0 Å². The van der Waals surface area contributed by atoms with Crippen LogP contribution in [0.25, 0.3) is 0 Å². The van der Waals surface area contributed by atoms with E-state index in [4.69, 9.17) is 11.6 Å². The van der Waals surface area contributed by atoms with Crippen molar-refractivity contribution in [3.63, 3.8) is 0 Å². The highest BCUT2D eigenvalue weighted by atomic mass is 35.5. The topological polar surface area (TPSA) is 66.5 Å². The van der Waals surface area contributed by atoms with Crippen molar-refractivity contribution in [3.05, 3.63) is 119 Å². The molecule has 5 nitrogen and oxygen atoms in total. The molecule has 8 heteroatoms. The Bertz CT molecular complexity index is 1530. The zero-order valence-electron chi connectivity index (χ0n) is 21.2. The van der Waals surface area contributed by atoms with E-state index < -0.39 is 10.0 Å². The molecule has 196 valence electrons. The van der Waals surface area contributed by atoms with Crippen LogP contribution in [0, 0.1) is 6.92 Å². The molecular formula is C30H29ClN2O3S2. The van der Waals surface area contributed by atoms with Gasteiger partial charge in [0.2, 0.25) is 0 Å². The van der Waals surface area contributed by atoms with Gasteiger partial charge in [-0.15, -0.1) is 0 Å². The van der Waals surface area contributed by atoms with Crippen molar-refractivity contribution in [1.82, 2.24) is 5.32 Å². The van der Waals surface area contributed by atoms with Gasteiger partial charge in [0.15, 0.2) is 0 Å². The Balaban J connectivity index is 1.67. The first-order valence-corrected chi connectivity index (χ1v) is 14.9. The summed E-state index contributed by atoms with van der Waals surface area (Å²) in [4.78, 5) is 14.9. The molecule has 4 rings (SSSR count). The summed E-state index contributed by atoms with van der Waals surface area (Å²) < 4.78 is 28.8. The highest BCUT2D eigenvalue weighted by Gasteiger charge is 2.26. The lowest BCUT2D eigenvalue weighted by atomic mass is 10.1. The fourth-order valence-corrected chi connectivity index (χ4v) is 6.79. The molecule has 0 spiro atoms. The van der Waals surface area contributed by atoms with E-state index in [-0.39, 0.29) is 17.3 Å². The van der Waals surface area contributed by atoms with Gasteiger partial charge in [-0.3, -0.25) is 9.10 Å². The molecule has 0 saturated carbocycles. The maximum Gasteiger partial charge on any atom is 0.264 e. The summed E-state index contributed by atoms with van der Waals surface area (Å²) in [6, 6.07) is 29.3. The lowest BCUT2D eigenvalue weighted by molar-refractivity contribution is 0.0951. The lowest BCUT2D eigenvalue weighted by Crippen LogP contribution is -2.31. The largest absolute Gasteiger partial charge is 0.352 e.